The SMILES string of the molecule is CCc1ccc(OC)c(C(F)(F)CN)c1. The molecule has 0 atom stereocenters. The monoisotopic (exact) mass is 215 g/mol. The Kier molecular flexibility index (Phi) is 3.63. The molecule has 0 aliphatic heterocycles. The molecule has 15 heavy (non-hydrogen) atoms. The quantitative estimate of drug-likeness (QED) is 0.836. The van der Waals surface area contributed by atoms with E-state index in [0.717, 1.165) is 5.56 Å². The molecule has 0 bridgehead atoms. The first-order valence-corrected chi connectivity index (χ1v) is 4.80. The first-order valence-electron chi connectivity index (χ1n) is 4.80. The van der Waals surface area contributed by atoms with Gasteiger partial charge in [0.2, 0.25) is 0 Å². The number of rotatable bonds is 4. The van der Waals surface area contributed by atoms with Gasteiger partial charge in [-0.25, -0.2) is 0 Å². The fourth-order valence-corrected chi connectivity index (χ4v) is 1.37. The minimum Gasteiger partial charge on any atom is -0.496 e. The second-order valence-electron chi connectivity index (χ2n) is 3.30. The molecule has 2 N–H and O–H groups in total. The van der Waals surface area contributed by atoms with Crippen molar-refractivity contribution in [1.82, 2.24) is 0 Å². The zero-order valence-corrected chi connectivity index (χ0v) is 8.89. The van der Waals surface area contributed by atoms with Crippen LogP contribution in [-0.2, 0) is 12.3 Å². The van der Waals surface area contributed by atoms with E-state index in [2.05, 4.69) is 0 Å². The van der Waals surface area contributed by atoms with E-state index in [9.17, 15) is 8.78 Å². The molecular formula is C11H15F2NO. The number of aryl methyl sites for hydroxylation is 1. The zero-order chi connectivity index (χ0) is 11.5. The zero-order valence-electron chi connectivity index (χ0n) is 8.89. The molecule has 1 rings (SSSR count). The van der Waals surface area contributed by atoms with Crippen LogP contribution in [0.2, 0.25) is 0 Å². The first-order chi connectivity index (χ1) is 7.05. The lowest BCUT2D eigenvalue weighted by atomic mass is 10.0. The van der Waals surface area contributed by atoms with Gasteiger partial charge < -0.3 is 10.5 Å². The molecule has 0 aliphatic carbocycles. The van der Waals surface area contributed by atoms with Crippen LogP contribution in [0.25, 0.3) is 0 Å². The molecule has 1 aromatic rings. The van der Waals surface area contributed by atoms with Crippen molar-refractivity contribution in [2.45, 2.75) is 19.3 Å². The molecule has 4 heteroatoms. The van der Waals surface area contributed by atoms with E-state index in [1.165, 1.54) is 13.2 Å². The third-order valence-corrected chi connectivity index (χ3v) is 2.32. The van der Waals surface area contributed by atoms with Gasteiger partial charge in [0.05, 0.1) is 19.2 Å². The van der Waals surface area contributed by atoms with E-state index in [1.807, 2.05) is 6.92 Å². The van der Waals surface area contributed by atoms with Crippen molar-refractivity contribution in [2.75, 3.05) is 13.7 Å². The highest BCUT2D eigenvalue weighted by Crippen LogP contribution is 2.34. The number of alkyl halides is 2. The molecule has 0 radical (unpaired) electrons. The second-order valence-corrected chi connectivity index (χ2v) is 3.30. The van der Waals surface area contributed by atoms with Gasteiger partial charge in [-0.3, -0.25) is 0 Å². The Bertz CT molecular complexity index is 339. The van der Waals surface area contributed by atoms with Gasteiger partial charge in [0.15, 0.2) is 0 Å². The lowest BCUT2D eigenvalue weighted by Gasteiger charge is -2.18. The lowest BCUT2D eigenvalue weighted by molar-refractivity contribution is 0.00362. The summed E-state index contributed by atoms with van der Waals surface area (Å²) in [6.45, 7) is 1.20. The van der Waals surface area contributed by atoms with Crippen molar-refractivity contribution < 1.29 is 13.5 Å². The Morgan fingerprint density at radius 3 is 2.53 bits per heavy atom. The summed E-state index contributed by atoms with van der Waals surface area (Å²) in [4.78, 5) is 0. The van der Waals surface area contributed by atoms with Gasteiger partial charge in [-0.1, -0.05) is 13.0 Å². The van der Waals surface area contributed by atoms with Crippen molar-refractivity contribution in [3.8, 4) is 5.75 Å². The molecule has 0 heterocycles. The largest absolute Gasteiger partial charge is 0.496 e. The van der Waals surface area contributed by atoms with Gasteiger partial charge in [0, 0.05) is 0 Å². The Balaban J connectivity index is 3.23. The Hall–Kier alpha value is -1.16. The highest BCUT2D eigenvalue weighted by molar-refractivity contribution is 5.40. The van der Waals surface area contributed by atoms with Crippen molar-refractivity contribution in [1.29, 1.82) is 0 Å². The van der Waals surface area contributed by atoms with Crippen LogP contribution in [0.15, 0.2) is 18.2 Å². The maximum absolute atomic E-state index is 13.4. The minimum absolute atomic E-state index is 0.133. The molecule has 0 fully saturated rings. The third-order valence-electron chi connectivity index (χ3n) is 2.32. The Labute approximate surface area is 88.0 Å². The molecule has 84 valence electrons. The van der Waals surface area contributed by atoms with Crippen LogP contribution in [-0.4, -0.2) is 13.7 Å². The molecule has 0 amide bonds. The van der Waals surface area contributed by atoms with E-state index in [1.54, 1.807) is 12.1 Å². The standard InChI is InChI=1S/C11H15F2NO/c1-3-8-4-5-10(15-2)9(6-8)11(12,13)7-14/h4-6H,3,7,14H2,1-2H3. The van der Waals surface area contributed by atoms with E-state index in [4.69, 9.17) is 10.5 Å². The third kappa shape index (κ3) is 2.45. The summed E-state index contributed by atoms with van der Waals surface area (Å²) in [5, 5.41) is 0. The molecule has 0 aromatic heterocycles. The van der Waals surface area contributed by atoms with Crippen molar-refractivity contribution in [2.24, 2.45) is 5.73 Å². The smallest absolute Gasteiger partial charge is 0.288 e. The Morgan fingerprint density at radius 1 is 1.40 bits per heavy atom. The van der Waals surface area contributed by atoms with Crippen LogP contribution in [0.1, 0.15) is 18.1 Å². The van der Waals surface area contributed by atoms with Gasteiger partial charge in [-0.15, -0.1) is 0 Å². The topological polar surface area (TPSA) is 35.2 Å². The van der Waals surface area contributed by atoms with Crippen molar-refractivity contribution in [3.63, 3.8) is 0 Å². The van der Waals surface area contributed by atoms with Crippen LogP contribution in [0.3, 0.4) is 0 Å². The maximum Gasteiger partial charge on any atom is 0.288 e. The summed E-state index contributed by atoms with van der Waals surface area (Å²) >= 11 is 0. The summed E-state index contributed by atoms with van der Waals surface area (Å²) in [6, 6.07) is 4.78. The average Bonchev–Trinajstić information content (AvgIpc) is 2.28. The molecule has 2 nitrogen and oxygen atoms in total. The lowest BCUT2D eigenvalue weighted by Crippen LogP contribution is -2.25. The van der Waals surface area contributed by atoms with Crippen LogP contribution >= 0.6 is 0 Å². The summed E-state index contributed by atoms with van der Waals surface area (Å²) < 4.78 is 31.8. The van der Waals surface area contributed by atoms with Crippen molar-refractivity contribution in [3.05, 3.63) is 29.3 Å². The summed E-state index contributed by atoms with van der Waals surface area (Å²) in [6.07, 6.45) is 0.706. The summed E-state index contributed by atoms with van der Waals surface area (Å²) in [5.74, 6) is -2.85. The number of halogens is 2. The summed E-state index contributed by atoms with van der Waals surface area (Å²) in [7, 11) is 1.37. The minimum atomic E-state index is -3.03. The van der Waals surface area contributed by atoms with E-state index in [0.29, 0.717) is 6.42 Å². The van der Waals surface area contributed by atoms with E-state index >= 15 is 0 Å². The van der Waals surface area contributed by atoms with Gasteiger partial charge in [-0.2, -0.15) is 8.78 Å². The number of nitrogens with two attached hydrogens (primary N) is 1. The van der Waals surface area contributed by atoms with Crippen LogP contribution in [0.4, 0.5) is 8.78 Å². The van der Waals surface area contributed by atoms with E-state index in [-0.39, 0.29) is 11.3 Å². The normalized spacial score (nSPS) is 11.5. The number of methoxy groups -OCH3 is 1. The van der Waals surface area contributed by atoms with Gasteiger partial charge in [-0.05, 0) is 24.1 Å². The van der Waals surface area contributed by atoms with Crippen LogP contribution in [0, 0.1) is 0 Å². The highest BCUT2D eigenvalue weighted by atomic mass is 19.3. The number of hydrogen-bond acceptors (Lipinski definition) is 2. The fourth-order valence-electron chi connectivity index (χ4n) is 1.37. The van der Waals surface area contributed by atoms with Crippen LogP contribution in [0.5, 0.6) is 5.75 Å². The predicted octanol–water partition coefficient (Wildman–Crippen LogP) is 2.31. The first kappa shape index (κ1) is 11.9. The van der Waals surface area contributed by atoms with Crippen LogP contribution < -0.4 is 10.5 Å². The molecule has 0 unspecified atom stereocenters. The second kappa shape index (κ2) is 4.57. The molecule has 1 aromatic carbocycles. The average molecular weight is 215 g/mol. The molecule has 0 saturated carbocycles. The number of hydrogen-bond donors (Lipinski definition) is 1. The van der Waals surface area contributed by atoms with Gasteiger partial charge in [0.1, 0.15) is 5.75 Å². The maximum atomic E-state index is 13.4. The number of benzene rings is 1. The van der Waals surface area contributed by atoms with Gasteiger partial charge in [0.25, 0.3) is 5.92 Å². The molecular weight excluding hydrogens is 200 g/mol. The molecule has 0 saturated heterocycles. The molecule has 0 spiro atoms. The molecule has 0 aliphatic rings. The van der Waals surface area contributed by atoms with Crippen molar-refractivity contribution >= 4 is 0 Å². The number of ether oxygens (including phenoxy) is 1. The van der Waals surface area contributed by atoms with E-state index < -0.39 is 12.5 Å². The fraction of sp³-hybridized carbons (Fsp3) is 0.455. The van der Waals surface area contributed by atoms with Gasteiger partial charge >= 0.3 is 0 Å². The predicted molar refractivity (Wildman–Crippen MR) is 55.3 cm³/mol. The highest BCUT2D eigenvalue weighted by Gasteiger charge is 2.33. The summed E-state index contributed by atoms with van der Waals surface area (Å²) in [5.41, 5.74) is 5.76. The Morgan fingerprint density at radius 2 is 2.07 bits per heavy atom.